The molecular weight excluding hydrogens is 399 g/mol. The molecule has 0 saturated heterocycles. The van der Waals surface area contributed by atoms with Gasteiger partial charge in [-0.25, -0.2) is 4.79 Å². The van der Waals surface area contributed by atoms with E-state index in [1.807, 2.05) is 0 Å². The van der Waals surface area contributed by atoms with E-state index in [4.69, 9.17) is 32.7 Å². The van der Waals surface area contributed by atoms with Gasteiger partial charge in [-0.15, -0.1) is 0 Å². The fraction of sp³-hybridized carbons (Fsp3) is 0.176. The molecule has 0 unspecified atom stereocenters. The number of hydrogen-bond donors (Lipinski definition) is 1. The number of carbonyl (C=O) groups excluding carboxylic acids is 2. The van der Waals surface area contributed by atoms with E-state index in [9.17, 15) is 19.7 Å². The maximum absolute atomic E-state index is 12.1. The summed E-state index contributed by atoms with van der Waals surface area (Å²) in [4.78, 5) is 33.9. The molecule has 0 spiro atoms. The maximum Gasteiger partial charge on any atom is 0.344 e. The van der Waals surface area contributed by atoms with Crippen molar-refractivity contribution < 1.29 is 24.0 Å². The predicted molar refractivity (Wildman–Crippen MR) is 99.2 cm³/mol. The van der Waals surface area contributed by atoms with Crippen LogP contribution in [0.3, 0.4) is 0 Å². The van der Waals surface area contributed by atoms with Crippen LogP contribution in [0.5, 0.6) is 5.75 Å². The number of carbonyl (C=O) groups is 2. The highest BCUT2D eigenvalue weighted by molar-refractivity contribution is 6.35. The molecule has 0 bridgehead atoms. The SMILES string of the molecule is C[C@H](OC(=O)COc1ccc([N+](=O)[O-])cc1)C(=O)Nc1cc(Cl)cc(Cl)c1. The summed E-state index contributed by atoms with van der Waals surface area (Å²) in [5, 5.41) is 13.8. The summed E-state index contributed by atoms with van der Waals surface area (Å²) in [5.74, 6) is -1.10. The summed E-state index contributed by atoms with van der Waals surface area (Å²) in [5.41, 5.74) is 0.263. The van der Waals surface area contributed by atoms with Crippen molar-refractivity contribution in [2.75, 3.05) is 11.9 Å². The Hall–Kier alpha value is -2.84. The van der Waals surface area contributed by atoms with Crippen molar-refractivity contribution in [1.29, 1.82) is 0 Å². The first kappa shape index (κ1) is 20.5. The second-order valence-corrected chi connectivity index (χ2v) is 6.19. The van der Waals surface area contributed by atoms with Gasteiger partial charge in [0.05, 0.1) is 4.92 Å². The van der Waals surface area contributed by atoms with Crippen molar-refractivity contribution in [2.24, 2.45) is 0 Å². The number of anilines is 1. The van der Waals surface area contributed by atoms with Gasteiger partial charge in [-0.3, -0.25) is 14.9 Å². The van der Waals surface area contributed by atoms with Gasteiger partial charge in [0.15, 0.2) is 12.7 Å². The van der Waals surface area contributed by atoms with Crippen LogP contribution in [0.1, 0.15) is 6.92 Å². The molecule has 1 N–H and O–H groups in total. The fourth-order valence-electron chi connectivity index (χ4n) is 1.96. The molecular formula is C17H14Cl2N2O6. The average molecular weight is 413 g/mol. The van der Waals surface area contributed by atoms with Gasteiger partial charge in [-0.1, -0.05) is 23.2 Å². The molecule has 0 saturated carbocycles. The zero-order valence-electron chi connectivity index (χ0n) is 14.0. The standard InChI is InChI=1S/C17H14Cl2N2O6/c1-10(17(23)20-13-7-11(18)6-12(19)8-13)27-16(22)9-26-15-4-2-14(3-5-15)21(24)25/h2-8,10H,9H2,1H3,(H,20,23)/t10-/m0/s1. The molecule has 142 valence electrons. The second kappa shape index (κ2) is 9.20. The average Bonchev–Trinajstić information content (AvgIpc) is 2.59. The van der Waals surface area contributed by atoms with Gasteiger partial charge in [0, 0.05) is 27.9 Å². The lowest BCUT2D eigenvalue weighted by atomic mass is 10.3. The van der Waals surface area contributed by atoms with E-state index < -0.39 is 29.5 Å². The Labute approximate surface area is 164 Å². The van der Waals surface area contributed by atoms with Gasteiger partial charge in [0.2, 0.25) is 0 Å². The molecule has 2 rings (SSSR count). The van der Waals surface area contributed by atoms with E-state index in [1.54, 1.807) is 0 Å². The molecule has 27 heavy (non-hydrogen) atoms. The minimum atomic E-state index is -1.09. The Morgan fingerprint density at radius 1 is 1.15 bits per heavy atom. The number of halogens is 2. The summed E-state index contributed by atoms with van der Waals surface area (Å²) < 4.78 is 10.1. The number of amides is 1. The van der Waals surface area contributed by atoms with Crippen LogP contribution in [-0.2, 0) is 14.3 Å². The van der Waals surface area contributed by atoms with Crippen LogP contribution < -0.4 is 10.1 Å². The number of nitrogens with zero attached hydrogens (tertiary/aromatic N) is 1. The number of ether oxygens (including phenoxy) is 2. The van der Waals surface area contributed by atoms with Crippen LogP contribution in [0.2, 0.25) is 10.0 Å². The fourth-order valence-corrected chi connectivity index (χ4v) is 2.49. The number of nitro groups is 1. The van der Waals surface area contributed by atoms with E-state index in [2.05, 4.69) is 5.32 Å². The summed E-state index contributed by atoms with van der Waals surface area (Å²) in [7, 11) is 0. The summed E-state index contributed by atoms with van der Waals surface area (Å²) >= 11 is 11.7. The first-order chi connectivity index (χ1) is 12.7. The molecule has 0 aliphatic carbocycles. The van der Waals surface area contributed by atoms with Crippen molar-refractivity contribution >= 4 is 46.5 Å². The number of rotatable bonds is 7. The second-order valence-electron chi connectivity index (χ2n) is 5.32. The number of benzene rings is 2. The quantitative estimate of drug-likeness (QED) is 0.420. The zero-order valence-corrected chi connectivity index (χ0v) is 15.5. The minimum absolute atomic E-state index is 0.101. The van der Waals surface area contributed by atoms with Crippen molar-refractivity contribution in [3.63, 3.8) is 0 Å². The third-order valence-electron chi connectivity index (χ3n) is 3.21. The topological polar surface area (TPSA) is 108 Å². The monoisotopic (exact) mass is 412 g/mol. The van der Waals surface area contributed by atoms with Gasteiger partial charge in [-0.2, -0.15) is 0 Å². The number of non-ortho nitro benzene ring substituents is 1. The number of nitrogens with one attached hydrogen (secondary N) is 1. The molecule has 2 aromatic carbocycles. The molecule has 2 aromatic rings. The lowest BCUT2D eigenvalue weighted by molar-refractivity contribution is -0.384. The summed E-state index contributed by atoms with van der Waals surface area (Å²) in [6.07, 6.45) is -1.09. The van der Waals surface area contributed by atoms with E-state index >= 15 is 0 Å². The van der Waals surface area contributed by atoms with Gasteiger partial charge in [0.1, 0.15) is 5.75 Å². The maximum atomic E-state index is 12.1. The molecule has 1 atom stereocenters. The Morgan fingerprint density at radius 3 is 2.30 bits per heavy atom. The Morgan fingerprint density at radius 2 is 1.74 bits per heavy atom. The molecule has 0 aromatic heterocycles. The highest BCUT2D eigenvalue weighted by Crippen LogP contribution is 2.22. The van der Waals surface area contributed by atoms with E-state index in [1.165, 1.54) is 49.4 Å². The van der Waals surface area contributed by atoms with Crippen LogP contribution in [-0.4, -0.2) is 29.5 Å². The van der Waals surface area contributed by atoms with Gasteiger partial charge < -0.3 is 14.8 Å². The lowest BCUT2D eigenvalue weighted by Crippen LogP contribution is -2.31. The van der Waals surface area contributed by atoms with Crippen LogP contribution >= 0.6 is 23.2 Å². The zero-order chi connectivity index (χ0) is 20.0. The first-order valence-electron chi connectivity index (χ1n) is 7.58. The first-order valence-corrected chi connectivity index (χ1v) is 8.34. The number of hydrogen-bond acceptors (Lipinski definition) is 6. The van der Waals surface area contributed by atoms with Crippen LogP contribution in [0.25, 0.3) is 0 Å². The lowest BCUT2D eigenvalue weighted by Gasteiger charge is -2.14. The van der Waals surface area contributed by atoms with E-state index in [0.717, 1.165) is 0 Å². The van der Waals surface area contributed by atoms with Gasteiger partial charge in [-0.05, 0) is 37.3 Å². The summed E-state index contributed by atoms with van der Waals surface area (Å²) in [6.45, 7) is 0.934. The Kier molecular flexibility index (Phi) is 6.98. The van der Waals surface area contributed by atoms with Crippen molar-refractivity contribution in [2.45, 2.75) is 13.0 Å². The minimum Gasteiger partial charge on any atom is -0.482 e. The Balaban J connectivity index is 1.83. The van der Waals surface area contributed by atoms with Crippen molar-refractivity contribution in [1.82, 2.24) is 0 Å². The third kappa shape index (κ3) is 6.43. The predicted octanol–water partition coefficient (Wildman–Crippen LogP) is 3.85. The largest absolute Gasteiger partial charge is 0.482 e. The third-order valence-corrected chi connectivity index (χ3v) is 3.65. The molecule has 1 amide bonds. The molecule has 0 heterocycles. The molecule has 8 nitrogen and oxygen atoms in total. The van der Waals surface area contributed by atoms with Crippen molar-refractivity contribution in [3.05, 3.63) is 62.6 Å². The molecule has 10 heteroatoms. The molecule has 0 radical (unpaired) electrons. The molecule has 0 fully saturated rings. The highest BCUT2D eigenvalue weighted by Gasteiger charge is 2.19. The van der Waals surface area contributed by atoms with Crippen LogP contribution in [0.4, 0.5) is 11.4 Å². The Bertz CT molecular complexity index is 837. The van der Waals surface area contributed by atoms with Gasteiger partial charge >= 0.3 is 5.97 Å². The molecule has 0 aliphatic rings. The van der Waals surface area contributed by atoms with Crippen LogP contribution in [0.15, 0.2) is 42.5 Å². The van der Waals surface area contributed by atoms with E-state index in [0.29, 0.717) is 15.7 Å². The summed E-state index contributed by atoms with van der Waals surface area (Å²) in [6, 6.07) is 9.70. The normalized spacial score (nSPS) is 11.4. The smallest absolute Gasteiger partial charge is 0.344 e. The highest BCUT2D eigenvalue weighted by atomic mass is 35.5. The van der Waals surface area contributed by atoms with E-state index in [-0.39, 0.29) is 11.4 Å². The van der Waals surface area contributed by atoms with Crippen molar-refractivity contribution in [3.8, 4) is 5.75 Å². The van der Waals surface area contributed by atoms with Crippen LogP contribution in [0, 0.1) is 10.1 Å². The molecule has 0 aliphatic heterocycles. The number of nitro benzene ring substituents is 1. The number of esters is 1. The van der Waals surface area contributed by atoms with Gasteiger partial charge in [0.25, 0.3) is 11.6 Å².